The summed E-state index contributed by atoms with van der Waals surface area (Å²) in [6.45, 7) is -0.385. The van der Waals surface area contributed by atoms with Crippen LogP contribution in [0.5, 0.6) is 5.75 Å². The second kappa shape index (κ2) is 7.51. The highest BCUT2D eigenvalue weighted by Crippen LogP contribution is 2.29. The Bertz CT molecular complexity index is 377. The third-order valence-electron chi connectivity index (χ3n) is 2.44. The van der Waals surface area contributed by atoms with Gasteiger partial charge in [-0.1, -0.05) is 11.6 Å². The summed E-state index contributed by atoms with van der Waals surface area (Å²) in [6, 6.07) is 4.33. The number of aliphatic hydroxyl groups excluding tert-OH is 1. The fourth-order valence-electron chi connectivity index (χ4n) is 1.57. The molecule has 0 spiro atoms. The maximum atomic E-state index is 12.3. The molecule has 0 aliphatic heterocycles. The summed E-state index contributed by atoms with van der Waals surface area (Å²) in [5.41, 5.74) is 0.570. The van der Waals surface area contributed by atoms with Gasteiger partial charge < -0.3 is 15.2 Å². The van der Waals surface area contributed by atoms with Crippen molar-refractivity contribution in [3.05, 3.63) is 28.8 Å². The van der Waals surface area contributed by atoms with Gasteiger partial charge in [-0.3, -0.25) is 0 Å². The quantitative estimate of drug-likeness (QED) is 0.754. The van der Waals surface area contributed by atoms with E-state index in [4.69, 9.17) is 16.7 Å². The van der Waals surface area contributed by atoms with Crippen LogP contribution >= 0.6 is 11.6 Å². The number of rotatable bonds is 7. The minimum Gasteiger partial charge on any atom is -0.434 e. The Labute approximate surface area is 110 Å². The molecule has 1 rings (SSSR count). The number of hydrogen-bond donors (Lipinski definition) is 2. The molecule has 0 bridgehead atoms. The fraction of sp³-hybridized carbons (Fsp3) is 0.500. The lowest BCUT2D eigenvalue weighted by Gasteiger charge is -2.18. The molecule has 0 heterocycles. The summed E-state index contributed by atoms with van der Waals surface area (Å²) in [4.78, 5) is 0. The summed E-state index contributed by atoms with van der Waals surface area (Å²) in [6.07, 6.45) is 0.593. The van der Waals surface area contributed by atoms with Crippen LogP contribution in [-0.2, 0) is 0 Å². The van der Waals surface area contributed by atoms with E-state index in [2.05, 4.69) is 10.1 Å². The minimum absolute atomic E-state index is 0.0790. The predicted molar refractivity (Wildman–Crippen MR) is 66.2 cm³/mol. The van der Waals surface area contributed by atoms with Crippen molar-refractivity contribution < 1.29 is 18.6 Å². The molecule has 2 N–H and O–H groups in total. The molecule has 18 heavy (non-hydrogen) atoms. The van der Waals surface area contributed by atoms with E-state index in [0.29, 0.717) is 23.6 Å². The Hall–Kier alpha value is -0.910. The Kier molecular flexibility index (Phi) is 6.32. The maximum Gasteiger partial charge on any atom is 0.387 e. The van der Waals surface area contributed by atoms with Crippen molar-refractivity contribution in [2.24, 2.45) is 0 Å². The molecule has 3 nitrogen and oxygen atoms in total. The molecule has 0 amide bonds. The zero-order valence-corrected chi connectivity index (χ0v) is 10.8. The first-order valence-electron chi connectivity index (χ1n) is 5.63. The number of hydrogen-bond acceptors (Lipinski definition) is 3. The first kappa shape index (κ1) is 15.1. The Morgan fingerprint density at radius 1 is 1.44 bits per heavy atom. The molecule has 0 saturated heterocycles. The van der Waals surface area contributed by atoms with Gasteiger partial charge >= 0.3 is 6.61 Å². The Morgan fingerprint density at radius 2 is 2.17 bits per heavy atom. The largest absolute Gasteiger partial charge is 0.434 e. The second-order valence-electron chi connectivity index (χ2n) is 3.81. The lowest BCUT2D eigenvalue weighted by atomic mass is 10.1. The maximum absolute atomic E-state index is 12.3. The molecule has 6 heteroatoms. The van der Waals surface area contributed by atoms with Crippen molar-refractivity contribution in [3.63, 3.8) is 0 Å². The molecule has 0 aliphatic carbocycles. The Morgan fingerprint density at radius 3 is 2.78 bits per heavy atom. The summed E-state index contributed by atoms with van der Waals surface area (Å²) in [7, 11) is 0. The van der Waals surface area contributed by atoms with E-state index in [-0.39, 0.29) is 18.4 Å². The van der Waals surface area contributed by atoms with Crippen LogP contribution in [0.15, 0.2) is 18.2 Å². The summed E-state index contributed by atoms with van der Waals surface area (Å²) < 4.78 is 29.0. The molecule has 1 aromatic carbocycles. The number of ether oxygens (including phenoxy) is 1. The van der Waals surface area contributed by atoms with Gasteiger partial charge in [-0.15, -0.1) is 0 Å². The summed E-state index contributed by atoms with van der Waals surface area (Å²) in [5.74, 6) is 0.110. The number of alkyl halides is 2. The molecule has 0 fully saturated rings. The van der Waals surface area contributed by atoms with Crippen molar-refractivity contribution in [2.45, 2.75) is 26.0 Å². The molecule has 1 unspecified atom stereocenters. The van der Waals surface area contributed by atoms with Gasteiger partial charge in [0.1, 0.15) is 5.75 Å². The topological polar surface area (TPSA) is 41.5 Å². The standard InChI is InChI=1S/C12H16ClF2NO2/c1-8(16-5-2-6-17)10-7-9(13)3-4-11(10)18-12(14)15/h3-4,7-8,12,16-17H,2,5-6H2,1H3. The van der Waals surface area contributed by atoms with Crippen molar-refractivity contribution in [3.8, 4) is 5.75 Å². The van der Waals surface area contributed by atoms with Gasteiger partial charge in [0.15, 0.2) is 0 Å². The fourth-order valence-corrected chi connectivity index (χ4v) is 1.75. The molecular weight excluding hydrogens is 264 g/mol. The van der Waals surface area contributed by atoms with Crippen molar-refractivity contribution in [1.82, 2.24) is 5.32 Å². The van der Waals surface area contributed by atoms with Gasteiger partial charge in [0.25, 0.3) is 0 Å². The van der Waals surface area contributed by atoms with Gasteiger partial charge in [-0.2, -0.15) is 8.78 Å². The lowest BCUT2D eigenvalue weighted by molar-refractivity contribution is -0.0506. The van der Waals surface area contributed by atoms with Crippen molar-refractivity contribution >= 4 is 11.6 Å². The van der Waals surface area contributed by atoms with Gasteiger partial charge in [0, 0.05) is 23.2 Å². The van der Waals surface area contributed by atoms with Crippen LogP contribution in [-0.4, -0.2) is 24.9 Å². The molecule has 102 valence electrons. The highest BCUT2D eigenvalue weighted by molar-refractivity contribution is 6.30. The predicted octanol–water partition coefficient (Wildman–Crippen LogP) is 2.97. The highest BCUT2D eigenvalue weighted by atomic mass is 35.5. The van der Waals surface area contributed by atoms with Gasteiger partial charge in [-0.25, -0.2) is 0 Å². The number of aliphatic hydroxyl groups is 1. The third-order valence-corrected chi connectivity index (χ3v) is 2.67. The number of benzene rings is 1. The van der Waals surface area contributed by atoms with Crippen molar-refractivity contribution in [1.29, 1.82) is 0 Å². The van der Waals surface area contributed by atoms with Crippen LogP contribution in [0.25, 0.3) is 0 Å². The summed E-state index contributed by atoms with van der Waals surface area (Å²) in [5, 5.41) is 12.2. The van der Waals surface area contributed by atoms with E-state index in [1.807, 2.05) is 6.92 Å². The zero-order valence-electron chi connectivity index (χ0n) is 10.00. The van der Waals surface area contributed by atoms with Crippen LogP contribution in [0, 0.1) is 0 Å². The molecular formula is C12H16ClF2NO2. The monoisotopic (exact) mass is 279 g/mol. The molecule has 0 radical (unpaired) electrons. The van der Waals surface area contributed by atoms with E-state index in [9.17, 15) is 8.78 Å². The molecule has 1 aromatic rings. The molecule has 0 aromatic heterocycles. The first-order valence-corrected chi connectivity index (χ1v) is 6.01. The van der Waals surface area contributed by atoms with Crippen LogP contribution in [0.1, 0.15) is 24.9 Å². The Balaban J connectivity index is 2.79. The van der Waals surface area contributed by atoms with E-state index >= 15 is 0 Å². The van der Waals surface area contributed by atoms with Gasteiger partial charge in [0.05, 0.1) is 0 Å². The van der Waals surface area contributed by atoms with Crippen LogP contribution < -0.4 is 10.1 Å². The molecule has 0 saturated carbocycles. The average molecular weight is 280 g/mol. The number of halogens is 3. The number of nitrogens with one attached hydrogen (secondary N) is 1. The van der Waals surface area contributed by atoms with E-state index in [0.717, 1.165) is 0 Å². The minimum atomic E-state index is -2.87. The molecule has 0 aliphatic rings. The normalized spacial score (nSPS) is 12.8. The smallest absolute Gasteiger partial charge is 0.387 e. The lowest BCUT2D eigenvalue weighted by Crippen LogP contribution is -2.21. The second-order valence-corrected chi connectivity index (χ2v) is 4.25. The van der Waals surface area contributed by atoms with E-state index < -0.39 is 6.61 Å². The van der Waals surface area contributed by atoms with Crippen LogP contribution in [0.3, 0.4) is 0 Å². The van der Waals surface area contributed by atoms with Crippen LogP contribution in [0.2, 0.25) is 5.02 Å². The summed E-state index contributed by atoms with van der Waals surface area (Å²) >= 11 is 5.85. The first-order chi connectivity index (χ1) is 8.54. The van der Waals surface area contributed by atoms with Gasteiger partial charge in [0.2, 0.25) is 0 Å². The zero-order chi connectivity index (χ0) is 13.5. The highest BCUT2D eigenvalue weighted by Gasteiger charge is 2.15. The average Bonchev–Trinajstić information content (AvgIpc) is 2.31. The third kappa shape index (κ3) is 4.76. The van der Waals surface area contributed by atoms with E-state index in [1.54, 1.807) is 6.07 Å². The van der Waals surface area contributed by atoms with Gasteiger partial charge in [-0.05, 0) is 38.1 Å². The molecule has 1 atom stereocenters. The SMILES string of the molecule is CC(NCCCO)c1cc(Cl)ccc1OC(F)F. The van der Waals surface area contributed by atoms with Crippen LogP contribution in [0.4, 0.5) is 8.78 Å². The van der Waals surface area contributed by atoms with Crippen molar-refractivity contribution in [2.75, 3.05) is 13.2 Å². The van der Waals surface area contributed by atoms with E-state index in [1.165, 1.54) is 12.1 Å².